The quantitative estimate of drug-likeness (QED) is 0.312. The lowest BCUT2D eigenvalue weighted by molar-refractivity contribution is 0.306. The van der Waals surface area contributed by atoms with Gasteiger partial charge in [0.15, 0.2) is 0 Å². The van der Waals surface area contributed by atoms with Crippen molar-refractivity contribution in [3.8, 4) is 11.8 Å². The molecule has 100 valence electrons. The molecule has 6 nitrogen and oxygen atoms in total. The molecule has 0 saturated heterocycles. The number of rotatable bonds is 7. The summed E-state index contributed by atoms with van der Waals surface area (Å²) in [5.41, 5.74) is 0. The van der Waals surface area contributed by atoms with Crippen LogP contribution in [0.2, 0.25) is 0 Å². The van der Waals surface area contributed by atoms with Crippen molar-refractivity contribution in [2.24, 2.45) is 5.92 Å². The highest BCUT2D eigenvalue weighted by Gasteiger charge is 2.14. The molecule has 0 aromatic rings. The number of hydrogen-bond acceptors (Lipinski definition) is 5. The molecule has 1 atom stereocenters. The minimum absolute atomic E-state index is 0.0216. The zero-order valence-corrected chi connectivity index (χ0v) is 11.3. The Bertz CT molecular complexity index is 479. The van der Waals surface area contributed by atoms with E-state index >= 15 is 0 Å². The average Bonchev–Trinajstić information content (AvgIpc) is 2.08. The normalized spacial score (nSPS) is 13.8. The minimum Gasteiger partial charge on any atom is -0.286 e. The molecule has 0 aliphatic heterocycles. The van der Waals surface area contributed by atoms with Crippen LogP contribution in [0.4, 0.5) is 0 Å². The van der Waals surface area contributed by atoms with E-state index in [-0.39, 0.29) is 6.61 Å². The van der Waals surface area contributed by atoms with Gasteiger partial charge in [0.1, 0.15) is 0 Å². The Morgan fingerprint density at radius 3 is 2.29 bits per heavy atom. The van der Waals surface area contributed by atoms with Gasteiger partial charge >= 0.3 is 0 Å². The molecule has 1 N–H and O–H groups in total. The maximum absolute atomic E-state index is 10.7. The van der Waals surface area contributed by atoms with Crippen LogP contribution < -0.4 is 0 Å². The fourth-order valence-corrected chi connectivity index (χ4v) is 2.37. The van der Waals surface area contributed by atoms with Crippen LogP contribution in [0.5, 0.6) is 0 Å². The van der Waals surface area contributed by atoms with Crippen molar-refractivity contribution in [2.75, 3.05) is 18.6 Å². The van der Waals surface area contributed by atoms with E-state index in [0.29, 0.717) is 12.8 Å². The van der Waals surface area contributed by atoms with E-state index in [1.165, 1.54) is 0 Å². The van der Waals surface area contributed by atoms with Gasteiger partial charge in [0.25, 0.3) is 20.2 Å². The topological polar surface area (TPSA) is 97.7 Å². The van der Waals surface area contributed by atoms with Crippen molar-refractivity contribution in [1.29, 1.82) is 0 Å². The molecule has 0 aromatic heterocycles. The molecule has 0 amide bonds. The third kappa shape index (κ3) is 11.6. The molecule has 17 heavy (non-hydrogen) atoms. The summed E-state index contributed by atoms with van der Waals surface area (Å²) >= 11 is 0. The molecule has 0 saturated carbocycles. The van der Waals surface area contributed by atoms with Crippen LogP contribution >= 0.6 is 0 Å². The highest BCUT2D eigenvalue weighted by Crippen LogP contribution is 2.09. The second-order valence-corrected chi connectivity index (χ2v) is 6.65. The Hall–Kier alpha value is -0.620. The largest absolute Gasteiger partial charge is 0.286 e. The third-order valence-corrected chi connectivity index (χ3v) is 3.17. The van der Waals surface area contributed by atoms with Gasteiger partial charge in [-0.1, -0.05) is 5.92 Å². The van der Waals surface area contributed by atoms with Crippen LogP contribution in [0.1, 0.15) is 19.8 Å². The zero-order valence-electron chi connectivity index (χ0n) is 9.71. The molecule has 0 fully saturated rings. The lowest BCUT2D eigenvalue weighted by Crippen LogP contribution is -2.15. The minimum atomic E-state index is -4.07. The van der Waals surface area contributed by atoms with Gasteiger partial charge in [0, 0.05) is 5.92 Å². The van der Waals surface area contributed by atoms with Gasteiger partial charge in [-0.3, -0.25) is 8.74 Å². The first-order chi connectivity index (χ1) is 7.64. The summed E-state index contributed by atoms with van der Waals surface area (Å²) < 4.78 is 55.8. The Balaban J connectivity index is 4.15. The fraction of sp³-hybridized carbons (Fsp3) is 0.778. The second kappa shape index (κ2) is 6.96. The van der Waals surface area contributed by atoms with Crippen LogP contribution in [0, 0.1) is 17.8 Å². The molecule has 0 aliphatic rings. The molecule has 1 unspecified atom stereocenters. The molecule has 0 heterocycles. The highest BCUT2D eigenvalue weighted by atomic mass is 32.2. The van der Waals surface area contributed by atoms with E-state index in [4.69, 9.17) is 4.55 Å². The number of hydrogen-bond donors (Lipinski definition) is 1. The molecule has 0 rings (SSSR count). The van der Waals surface area contributed by atoms with E-state index in [9.17, 15) is 16.8 Å². The monoisotopic (exact) mass is 284 g/mol. The van der Waals surface area contributed by atoms with Gasteiger partial charge in [-0.15, -0.1) is 5.92 Å². The van der Waals surface area contributed by atoms with E-state index in [2.05, 4.69) is 16.0 Å². The summed E-state index contributed by atoms with van der Waals surface area (Å²) in [7, 11) is -7.55. The van der Waals surface area contributed by atoms with Crippen LogP contribution in [0.3, 0.4) is 0 Å². The van der Waals surface area contributed by atoms with E-state index in [0.717, 1.165) is 6.26 Å². The van der Waals surface area contributed by atoms with Crippen molar-refractivity contribution in [2.45, 2.75) is 19.8 Å². The van der Waals surface area contributed by atoms with Gasteiger partial charge in [0.05, 0.1) is 18.6 Å². The third-order valence-electron chi connectivity index (χ3n) is 1.75. The first kappa shape index (κ1) is 16.4. The summed E-state index contributed by atoms with van der Waals surface area (Å²) in [5.74, 6) is 4.24. The van der Waals surface area contributed by atoms with E-state index in [1.807, 2.05) is 0 Å². The van der Waals surface area contributed by atoms with Gasteiger partial charge < -0.3 is 0 Å². The molecular formula is C9H16O6S2. The van der Waals surface area contributed by atoms with Crippen molar-refractivity contribution >= 4 is 20.2 Å². The molecule has 0 radical (unpaired) electrons. The summed E-state index contributed by atoms with van der Waals surface area (Å²) in [6, 6.07) is 0. The lowest BCUT2D eigenvalue weighted by atomic mass is 10.1. The van der Waals surface area contributed by atoms with Crippen molar-refractivity contribution < 1.29 is 25.6 Å². The van der Waals surface area contributed by atoms with Crippen LogP contribution in [0.25, 0.3) is 0 Å². The van der Waals surface area contributed by atoms with Crippen LogP contribution in [0.15, 0.2) is 0 Å². The highest BCUT2D eigenvalue weighted by molar-refractivity contribution is 7.86. The lowest BCUT2D eigenvalue weighted by Gasteiger charge is -2.08. The second-order valence-electron chi connectivity index (χ2n) is 3.51. The molecular weight excluding hydrogens is 268 g/mol. The summed E-state index contributed by atoms with van der Waals surface area (Å²) in [6.07, 6.45) is 1.63. The van der Waals surface area contributed by atoms with E-state index < -0.39 is 31.9 Å². The average molecular weight is 284 g/mol. The summed E-state index contributed by atoms with van der Waals surface area (Å²) in [6.45, 7) is 1.54. The first-order valence-corrected chi connectivity index (χ1v) is 8.28. The molecule has 0 bridgehead atoms. The first-order valence-electron chi connectivity index (χ1n) is 4.86. The molecule has 0 aromatic carbocycles. The van der Waals surface area contributed by atoms with Gasteiger partial charge in [-0.25, -0.2) is 0 Å². The summed E-state index contributed by atoms with van der Waals surface area (Å²) in [4.78, 5) is 0. The van der Waals surface area contributed by atoms with E-state index in [1.54, 1.807) is 6.92 Å². The standard InChI is InChI=1S/C9H16O6S2/c1-3-5-9(8-17(12,13)14)6-4-7-15-16(2,10)11/h9H,4,6-8H2,1-2H3,(H,12,13,14). The predicted octanol–water partition coefficient (Wildman–Crippen LogP) is 0.270. The Kier molecular flexibility index (Phi) is 6.70. The van der Waals surface area contributed by atoms with Crippen molar-refractivity contribution in [1.82, 2.24) is 0 Å². The van der Waals surface area contributed by atoms with Gasteiger partial charge in [-0.05, 0) is 19.8 Å². The zero-order chi connectivity index (χ0) is 13.5. The SMILES string of the molecule is CC#CC(CCCOS(C)(=O)=O)CS(=O)(=O)O. The van der Waals surface area contributed by atoms with Crippen molar-refractivity contribution in [3.63, 3.8) is 0 Å². The maximum atomic E-state index is 10.7. The predicted molar refractivity (Wildman–Crippen MR) is 63.4 cm³/mol. The molecule has 0 spiro atoms. The molecule has 8 heteroatoms. The van der Waals surface area contributed by atoms with Crippen LogP contribution in [-0.2, 0) is 24.4 Å². The van der Waals surface area contributed by atoms with Crippen LogP contribution in [-0.4, -0.2) is 40.0 Å². The van der Waals surface area contributed by atoms with Crippen molar-refractivity contribution in [3.05, 3.63) is 0 Å². The maximum Gasteiger partial charge on any atom is 0.266 e. The fourth-order valence-electron chi connectivity index (χ4n) is 1.20. The Morgan fingerprint density at radius 1 is 1.29 bits per heavy atom. The Labute approximate surface area is 102 Å². The summed E-state index contributed by atoms with van der Waals surface area (Å²) in [5, 5.41) is 0. The molecule has 0 aliphatic carbocycles. The van der Waals surface area contributed by atoms with Gasteiger partial charge in [0.2, 0.25) is 0 Å². The Morgan fingerprint density at radius 2 is 1.88 bits per heavy atom. The van der Waals surface area contributed by atoms with Gasteiger partial charge in [-0.2, -0.15) is 16.8 Å². The smallest absolute Gasteiger partial charge is 0.266 e.